The monoisotopic (exact) mass is 375 g/mol. The van der Waals surface area contributed by atoms with Gasteiger partial charge in [0, 0.05) is 13.1 Å². The molecule has 1 aromatic carbocycles. The summed E-state index contributed by atoms with van der Waals surface area (Å²) >= 11 is 0. The first kappa shape index (κ1) is 20.0. The van der Waals surface area contributed by atoms with Gasteiger partial charge in [0.1, 0.15) is 5.75 Å². The van der Waals surface area contributed by atoms with Gasteiger partial charge >= 0.3 is 12.3 Å². The van der Waals surface area contributed by atoms with E-state index >= 15 is 0 Å². The Morgan fingerprint density at radius 1 is 1.23 bits per heavy atom. The first-order chi connectivity index (χ1) is 12.2. The zero-order valence-corrected chi connectivity index (χ0v) is 14.2. The van der Waals surface area contributed by atoms with E-state index in [-0.39, 0.29) is 24.0 Å². The number of aliphatic hydroxyl groups excluding tert-OH is 1. The number of benzene rings is 1. The molecule has 1 fully saturated rings. The van der Waals surface area contributed by atoms with Gasteiger partial charge in [0.05, 0.1) is 13.5 Å². The van der Waals surface area contributed by atoms with E-state index in [2.05, 4.69) is 9.47 Å². The van der Waals surface area contributed by atoms with Crippen LogP contribution in [0.15, 0.2) is 24.3 Å². The molecule has 0 saturated carbocycles. The number of hydrogen-bond donors (Lipinski definition) is 1. The Kier molecular flexibility index (Phi) is 6.47. The Hall–Kier alpha value is -2.29. The molecular formula is C17H20F3NO5. The Morgan fingerprint density at radius 3 is 2.31 bits per heavy atom. The SMILES string of the molecule is COC(=O)C(O)C1CCN(C(=O)Cc2ccc(OC(F)(F)F)cc2)CC1. The quantitative estimate of drug-likeness (QED) is 0.796. The summed E-state index contributed by atoms with van der Waals surface area (Å²) in [5, 5.41) is 9.84. The van der Waals surface area contributed by atoms with Gasteiger partial charge in [-0.3, -0.25) is 4.79 Å². The Labute approximate surface area is 148 Å². The van der Waals surface area contributed by atoms with Crippen LogP contribution in [0, 0.1) is 5.92 Å². The standard InChI is InChI=1S/C17H20F3NO5/c1-25-16(24)15(23)12-6-8-21(9-7-12)14(22)10-11-2-4-13(5-3-11)26-17(18,19)20/h2-5,12,15,23H,6-10H2,1H3. The lowest BCUT2D eigenvalue weighted by Gasteiger charge is -2.33. The highest BCUT2D eigenvalue weighted by Crippen LogP contribution is 2.24. The number of ether oxygens (including phenoxy) is 2. The summed E-state index contributed by atoms with van der Waals surface area (Å²) < 4.78 is 44.7. The third-order valence-electron chi connectivity index (χ3n) is 4.29. The molecule has 1 aliphatic rings. The fraction of sp³-hybridized carbons (Fsp3) is 0.529. The fourth-order valence-corrected chi connectivity index (χ4v) is 2.87. The van der Waals surface area contributed by atoms with E-state index in [1.165, 1.54) is 19.2 Å². The number of hydrogen-bond acceptors (Lipinski definition) is 5. The fourth-order valence-electron chi connectivity index (χ4n) is 2.87. The van der Waals surface area contributed by atoms with Crippen LogP contribution in [0.5, 0.6) is 5.75 Å². The normalized spacial score (nSPS) is 16.9. The number of halogens is 3. The molecule has 0 radical (unpaired) electrons. The van der Waals surface area contributed by atoms with Gasteiger partial charge in [-0.1, -0.05) is 12.1 Å². The van der Waals surface area contributed by atoms with Crippen molar-refractivity contribution in [3.8, 4) is 5.75 Å². The van der Waals surface area contributed by atoms with Crippen LogP contribution in [0.25, 0.3) is 0 Å². The molecule has 1 N–H and O–H groups in total. The van der Waals surface area contributed by atoms with E-state index in [0.29, 0.717) is 31.5 Å². The van der Waals surface area contributed by atoms with Crippen molar-refractivity contribution in [1.29, 1.82) is 0 Å². The lowest BCUT2D eigenvalue weighted by molar-refractivity contribution is -0.274. The van der Waals surface area contributed by atoms with Crippen LogP contribution in [0.2, 0.25) is 0 Å². The molecule has 1 aromatic rings. The number of piperidine rings is 1. The number of amides is 1. The molecule has 1 saturated heterocycles. The van der Waals surface area contributed by atoms with E-state index < -0.39 is 18.4 Å². The molecule has 1 atom stereocenters. The number of aliphatic hydroxyl groups is 1. The van der Waals surface area contributed by atoms with Crippen molar-refractivity contribution in [2.24, 2.45) is 5.92 Å². The zero-order valence-electron chi connectivity index (χ0n) is 14.2. The summed E-state index contributed by atoms with van der Waals surface area (Å²) in [6.07, 6.45) is -4.95. The van der Waals surface area contributed by atoms with Crippen LogP contribution < -0.4 is 4.74 Å². The van der Waals surface area contributed by atoms with Crippen molar-refractivity contribution in [1.82, 2.24) is 4.90 Å². The number of methoxy groups -OCH3 is 1. The van der Waals surface area contributed by atoms with Gasteiger partial charge in [-0.25, -0.2) is 4.79 Å². The van der Waals surface area contributed by atoms with Crippen LogP contribution in [0.4, 0.5) is 13.2 Å². The van der Waals surface area contributed by atoms with Crippen LogP contribution in [-0.2, 0) is 20.7 Å². The highest BCUT2D eigenvalue weighted by molar-refractivity contribution is 5.79. The van der Waals surface area contributed by atoms with Crippen LogP contribution in [0.1, 0.15) is 18.4 Å². The van der Waals surface area contributed by atoms with Gasteiger partial charge in [-0.05, 0) is 36.5 Å². The maximum Gasteiger partial charge on any atom is 0.573 e. The molecule has 0 aliphatic carbocycles. The highest BCUT2D eigenvalue weighted by Gasteiger charge is 2.32. The average Bonchev–Trinajstić information content (AvgIpc) is 2.61. The summed E-state index contributed by atoms with van der Waals surface area (Å²) in [5.74, 6) is -1.45. The first-order valence-corrected chi connectivity index (χ1v) is 8.08. The third-order valence-corrected chi connectivity index (χ3v) is 4.29. The molecule has 6 nitrogen and oxygen atoms in total. The second kappa shape index (κ2) is 8.39. The molecular weight excluding hydrogens is 355 g/mol. The van der Waals surface area contributed by atoms with Gasteiger partial charge in [-0.15, -0.1) is 13.2 Å². The average molecular weight is 375 g/mol. The first-order valence-electron chi connectivity index (χ1n) is 8.08. The maximum absolute atomic E-state index is 12.3. The van der Waals surface area contributed by atoms with E-state index in [4.69, 9.17) is 0 Å². The second-order valence-corrected chi connectivity index (χ2v) is 6.05. The highest BCUT2D eigenvalue weighted by atomic mass is 19.4. The molecule has 144 valence electrons. The number of rotatable bonds is 5. The zero-order chi connectivity index (χ0) is 19.3. The lowest BCUT2D eigenvalue weighted by atomic mass is 9.91. The molecule has 1 heterocycles. The predicted octanol–water partition coefficient (Wildman–Crippen LogP) is 1.90. The second-order valence-electron chi connectivity index (χ2n) is 6.05. The Balaban J connectivity index is 1.84. The number of nitrogens with zero attached hydrogens (tertiary/aromatic N) is 1. The number of esters is 1. The predicted molar refractivity (Wildman–Crippen MR) is 84.2 cm³/mol. The summed E-state index contributed by atoms with van der Waals surface area (Å²) in [5.41, 5.74) is 0.571. The van der Waals surface area contributed by atoms with Crippen molar-refractivity contribution in [2.75, 3.05) is 20.2 Å². The van der Waals surface area contributed by atoms with Crippen LogP contribution >= 0.6 is 0 Å². The van der Waals surface area contributed by atoms with Crippen LogP contribution in [0.3, 0.4) is 0 Å². The van der Waals surface area contributed by atoms with Crippen molar-refractivity contribution < 1.29 is 37.3 Å². The number of likely N-dealkylation sites (tertiary alicyclic amines) is 1. The van der Waals surface area contributed by atoms with Crippen molar-refractivity contribution in [3.05, 3.63) is 29.8 Å². The largest absolute Gasteiger partial charge is 0.573 e. The molecule has 1 aliphatic heterocycles. The molecule has 9 heteroatoms. The number of carbonyl (C=O) groups excluding carboxylic acids is 2. The minimum atomic E-state index is -4.75. The molecule has 1 unspecified atom stereocenters. The molecule has 1 amide bonds. The number of carbonyl (C=O) groups is 2. The van der Waals surface area contributed by atoms with E-state index in [0.717, 1.165) is 12.1 Å². The number of alkyl halides is 3. The Morgan fingerprint density at radius 2 is 1.81 bits per heavy atom. The smallest absolute Gasteiger partial charge is 0.467 e. The van der Waals surface area contributed by atoms with Gasteiger partial charge in [0.2, 0.25) is 5.91 Å². The van der Waals surface area contributed by atoms with Gasteiger partial charge in [-0.2, -0.15) is 0 Å². The van der Waals surface area contributed by atoms with Crippen molar-refractivity contribution in [3.63, 3.8) is 0 Å². The lowest BCUT2D eigenvalue weighted by Crippen LogP contribution is -2.43. The summed E-state index contributed by atoms with van der Waals surface area (Å²) in [7, 11) is 1.20. The topological polar surface area (TPSA) is 76.1 Å². The maximum atomic E-state index is 12.3. The van der Waals surface area contributed by atoms with E-state index in [1.54, 1.807) is 4.90 Å². The molecule has 0 spiro atoms. The van der Waals surface area contributed by atoms with Gasteiger partial charge < -0.3 is 19.5 Å². The molecule has 26 heavy (non-hydrogen) atoms. The molecule has 0 bridgehead atoms. The third kappa shape index (κ3) is 5.62. The van der Waals surface area contributed by atoms with Gasteiger partial charge in [0.25, 0.3) is 0 Å². The van der Waals surface area contributed by atoms with E-state index in [9.17, 15) is 27.9 Å². The Bertz CT molecular complexity index is 624. The summed E-state index contributed by atoms with van der Waals surface area (Å²) in [6.45, 7) is 0.791. The van der Waals surface area contributed by atoms with Crippen molar-refractivity contribution >= 4 is 11.9 Å². The summed E-state index contributed by atoms with van der Waals surface area (Å²) in [4.78, 5) is 25.3. The molecule has 2 rings (SSSR count). The van der Waals surface area contributed by atoms with Gasteiger partial charge in [0.15, 0.2) is 6.10 Å². The van der Waals surface area contributed by atoms with Crippen molar-refractivity contribution in [2.45, 2.75) is 31.7 Å². The molecule has 0 aromatic heterocycles. The minimum Gasteiger partial charge on any atom is -0.467 e. The van der Waals surface area contributed by atoms with E-state index in [1.807, 2.05) is 0 Å². The van der Waals surface area contributed by atoms with Crippen LogP contribution in [-0.4, -0.2) is 54.5 Å². The summed E-state index contributed by atoms with van der Waals surface area (Å²) in [6, 6.07) is 5.14. The minimum absolute atomic E-state index is 0.0521.